The van der Waals surface area contributed by atoms with E-state index in [2.05, 4.69) is 14.7 Å². The Hall–Kier alpha value is -1.27. The maximum atomic E-state index is 11.6. The Morgan fingerprint density at radius 2 is 2.35 bits per heavy atom. The van der Waals surface area contributed by atoms with E-state index in [4.69, 9.17) is 11.6 Å². The van der Waals surface area contributed by atoms with Gasteiger partial charge in [0, 0.05) is 17.0 Å². The minimum Gasteiger partial charge on any atom is -0.465 e. The Kier molecular flexibility index (Phi) is 5.24. The second-order valence-corrected chi connectivity index (χ2v) is 4.27. The summed E-state index contributed by atoms with van der Waals surface area (Å²) in [5, 5.41) is 0.341. The van der Waals surface area contributed by atoms with E-state index in [1.165, 1.54) is 24.4 Å². The first-order valence-electron chi connectivity index (χ1n) is 4.67. The van der Waals surface area contributed by atoms with E-state index >= 15 is 0 Å². The van der Waals surface area contributed by atoms with E-state index in [1.807, 2.05) is 0 Å². The molecule has 92 valence electrons. The number of nitrogens with zero attached hydrogens (tertiary/aromatic N) is 1. The highest BCUT2D eigenvalue weighted by Gasteiger charge is 2.17. The number of ether oxygens (including phenoxy) is 1. The summed E-state index contributed by atoms with van der Waals surface area (Å²) in [7, 11) is 1.28. The highest BCUT2D eigenvalue weighted by Crippen LogP contribution is 2.21. The third kappa shape index (κ3) is 3.61. The zero-order valence-corrected chi connectivity index (χ0v) is 10.9. The molecule has 0 saturated carbocycles. The molecule has 1 aromatic rings. The van der Waals surface area contributed by atoms with E-state index in [9.17, 15) is 9.59 Å². The zero-order chi connectivity index (χ0) is 12.8. The van der Waals surface area contributed by atoms with Gasteiger partial charge in [0.25, 0.3) is 0 Å². The van der Waals surface area contributed by atoms with Crippen LogP contribution in [0.1, 0.15) is 16.1 Å². The molecule has 17 heavy (non-hydrogen) atoms. The maximum absolute atomic E-state index is 11.6. The fourth-order valence-corrected chi connectivity index (χ4v) is 2.24. The van der Waals surface area contributed by atoms with Gasteiger partial charge in [-0.3, -0.25) is 0 Å². The number of nitrogens with one attached hydrogen (secondary N) is 1. The van der Waals surface area contributed by atoms with Crippen molar-refractivity contribution in [3.63, 3.8) is 0 Å². The molecule has 0 atom stereocenters. The lowest BCUT2D eigenvalue weighted by Crippen LogP contribution is -2.19. The van der Waals surface area contributed by atoms with Crippen molar-refractivity contribution in [3.05, 3.63) is 33.4 Å². The number of halogens is 1. The number of aryl methyl sites for hydroxylation is 1. The number of esters is 1. The lowest BCUT2D eigenvalue weighted by molar-refractivity contribution is 0.0594. The number of H-pyrrole nitrogens is 1. The SMILES string of the molecule is COC(=O)c1c(SCC=CCl)nc(=O)[nH]c1C. The van der Waals surface area contributed by atoms with Crippen LogP contribution in [0.15, 0.2) is 21.4 Å². The predicted octanol–water partition coefficient (Wildman–Crippen LogP) is 1.71. The molecule has 1 N–H and O–H groups in total. The zero-order valence-electron chi connectivity index (χ0n) is 9.32. The van der Waals surface area contributed by atoms with Crippen LogP contribution < -0.4 is 5.69 Å². The Labute approximate surface area is 107 Å². The molecule has 0 radical (unpaired) electrons. The van der Waals surface area contributed by atoms with Crippen LogP contribution in [0.5, 0.6) is 0 Å². The van der Waals surface area contributed by atoms with Crippen LogP contribution >= 0.6 is 23.4 Å². The second-order valence-electron chi connectivity index (χ2n) is 3.01. The van der Waals surface area contributed by atoms with Crippen molar-refractivity contribution in [1.82, 2.24) is 9.97 Å². The Morgan fingerprint density at radius 3 is 2.94 bits per heavy atom. The van der Waals surface area contributed by atoms with Crippen molar-refractivity contribution < 1.29 is 9.53 Å². The van der Waals surface area contributed by atoms with Crippen LogP contribution in [0.2, 0.25) is 0 Å². The number of methoxy groups -OCH3 is 1. The number of carbonyl (C=O) groups excluding carboxylic acids is 1. The van der Waals surface area contributed by atoms with E-state index in [-0.39, 0.29) is 5.56 Å². The molecule has 1 aromatic heterocycles. The molecular weight excluding hydrogens is 264 g/mol. The van der Waals surface area contributed by atoms with E-state index in [0.29, 0.717) is 16.5 Å². The molecule has 0 spiro atoms. The number of rotatable bonds is 4. The molecule has 7 heteroatoms. The average Bonchev–Trinajstić information content (AvgIpc) is 2.28. The Bertz CT molecular complexity index is 499. The van der Waals surface area contributed by atoms with Crippen molar-refractivity contribution in [3.8, 4) is 0 Å². The summed E-state index contributed by atoms with van der Waals surface area (Å²) in [6.07, 6.45) is 1.69. The van der Waals surface area contributed by atoms with Crippen LogP contribution in [0.3, 0.4) is 0 Å². The van der Waals surface area contributed by atoms with Gasteiger partial charge in [-0.2, -0.15) is 4.98 Å². The van der Waals surface area contributed by atoms with Crippen LogP contribution in [0, 0.1) is 6.92 Å². The van der Waals surface area contributed by atoms with Gasteiger partial charge in [-0.15, -0.1) is 11.8 Å². The smallest absolute Gasteiger partial charge is 0.346 e. The molecule has 0 unspecified atom stereocenters. The molecule has 0 aliphatic carbocycles. The molecule has 0 aromatic carbocycles. The first-order chi connectivity index (χ1) is 8.10. The second kappa shape index (κ2) is 6.46. The molecular formula is C10H11ClN2O3S. The average molecular weight is 275 g/mol. The maximum Gasteiger partial charge on any atom is 0.346 e. The minimum atomic E-state index is -0.524. The van der Waals surface area contributed by atoms with Gasteiger partial charge in [0.2, 0.25) is 0 Å². The molecule has 0 bridgehead atoms. The van der Waals surface area contributed by atoms with Gasteiger partial charge in [0.05, 0.1) is 7.11 Å². The van der Waals surface area contributed by atoms with Crippen LogP contribution in [0.4, 0.5) is 0 Å². The molecule has 1 heterocycles. The molecule has 0 aliphatic heterocycles. The topological polar surface area (TPSA) is 72.0 Å². The summed E-state index contributed by atoms with van der Waals surface area (Å²) >= 11 is 6.63. The van der Waals surface area contributed by atoms with Crippen LogP contribution in [0.25, 0.3) is 0 Å². The van der Waals surface area contributed by atoms with Crippen molar-refractivity contribution in [2.45, 2.75) is 11.9 Å². The van der Waals surface area contributed by atoms with Crippen molar-refractivity contribution in [1.29, 1.82) is 0 Å². The molecule has 1 rings (SSSR count). The monoisotopic (exact) mass is 274 g/mol. The van der Waals surface area contributed by atoms with Gasteiger partial charge >= 0.3 is 11.7 Å². The largest absolute Gasteiger partial charge is 0.465 e. The first-order valence-corrected chi connectivity index (χ1v) is 6.09. The number of thioether (sulfide) groups is 1. The highest BCUT2D eigenvalue weighted by atomic mass is 35.5. The molecule has 0 amide bonds. The summed E-state index contributed by atoms with van der Waals surface area (Å²) in [6, 6.07) is 0. The summed E-state index contributed by atoms with van der Waals surface area (Å²) in [4.78, 5) is 29.0. The number of aromatic nitrogens is 2. The fraction of sp³-hybridized carbons (Fsp3) is 0.300. The summed E-state index contributed by atoms with van der Waals surface area (Å²) in [6.45, 7) is 1.62. The number of hydrogen-bond acceptors (Lipinski definition) is 5. The summed E-state index contributed by atoms with van der Waals surface area (Å²) in [5.74, 6) is -0.00719. The Morgan fingerprint density at radius 1 is 1.65 bits per heavy atom. The highest BCUT2D eigenvalue weighted by molar-refractivity contribution is 7.99. The number of hydrogen-bond donors (Lipinski definition) is 1. The third-order valence-corrected chi connectivity index (χ3v) is 2.99. The van der Waals surface area contributed by atoms with Crippen LogP contribution in [-0.4, -0.2) is 28.8 Å². The van der Waals surface area contributed by atoms with Crippen molar-refractivity contribution >= 4 is 29.3 Å². The minimum absolute atomic E-state index is 0.278. The first kappa shape index (κ1) is 13.8. The summed E-state index contributed by atoms with van der Waals surface area (Å²) in [5.41, 5.74) is 1.59. The van der Waals surface area contributed by atoms with Gasteiger partial charge < -0.3 is 9.72 Å². The van der Waals surface area contributed by atoms with E-state index in [1.54, 1.807) is 13.0 Å². The molecule has 5 nitrogen and oxygen atoms in total. The molecule has 0 fully saturated rings. The molecule has 0 saturated heterocycles. The normalized spacial score (nSPS) is 10.8. The summed E-state index contributed by atoms with van der Waals surface area (Å²) < 4.78 is 4.65. The number of aromatic amines is 1. The van der Waals surface area contributed by atoms with E-state index < -0.39 is 11.7 Å². The van der Waals surface area contributed by atoms with Gasteiger partial charge in [-0.1, -0.05) is 17.7 Å². The number of carbonyl (C=O) groups is 1. The third-order valence-electron chi connectivity index (χ3n) is 1.88. The van der Waals surface area contributed by atoms with Crippen molar-refractivity contribution in [2.75, 3.05) is 12.9 Å². The van der Waals surface area contributed by atoms with Gasteiger partial charge in [0.15, 0.2) is 0 Å². The van der Waals surface area contributed by atoms with Crippen molar-refractivity contribution in [2.24, 2.45) is 0 Å². The van der Waals surface area contributed by atoms with Gasteiger partial charge in [0.1, 0.15) is 10.6 Å². The van der Waals surface area contributed by atoms with Gasteiger partial charge in [-0.05, 0) is 6.92 Å². The van der Waals surface area contributed by atoms with Gasteiger partial charge in [-0.25, -0.2) is 9.59 Å². The predicted molar refractivity (Wildman–Crippen MR) is 66.7 cm³/mol. The van der Waals surface area contributed by atoms with E-state index in [0.717, 1.165) is 0 Å². The lowest BCUT2D eigenvalue weighted by atomic mass is 10.2. The fourth-order valence-electron chi connectivity index (χ4n) is 1.17. The standard InChI is InChI=1S/C10H11ClN2O3S/c1-6-7(9(14)16-2)8(13-10(15)12-6)17-5-3-4-11/h3-4H,5H2,1-2H3,(H,12,13,15). The lowest BCUT2D eigenvalue weighted by Gasteiger charge is -2.07. The Balaban J connectivity index is 3.15. The molecule has 0 aliphatic rings. The van der Waals surface area contributed by atoms with Crippen LogP contribution in [-0.2, 0) is 4.74 Å². The quantitative estimate of drug-likeness (QED) is 0.514.